The number of hydrogen-bond acceptors (Lipinski definition) is 1. The lowest BCUT2D eigenvalue weighted by molar-refractivity contribution is -0.137. The Morgan fingerprint density at radius 3 is 2.38 bits per heavy atom. The van der Waals surface area contributed by atoms with Crippen molar-refractivity contribution in [2.24, 2.45) is 0 Å². The Balaban J connectivity index is 2.02. The molecule has 1 fully saturated rings. The number of carbonyl (C=O) groups excluding carboxylic acids is 1. The molecule has 1 amide bonds. The molecule has 0 spiro atoms. The van der Waals surface area contributed by atoms with Gasteiger partial charge in [-0.2, -0.15) is 0 Å². The zero-order chi connectivity index (χ0) is 15.2. The predicted octanol–water partition coefficient (Wildman–Crippen LogP) is 4.26. The molecule has 21 heavy (non-hydrogen) atoms. The van der Waals surface area contributed by atoms with Crippen molar-refractivity contribution in [3.63, 3.8) is 0 Å². The molecule has 0 aromatic heterocycles. The fraction of sp³-hybridized carbons (Fsp3) is 0.188. The van der Waals surface area contributed by atoms with E-state index in [9.17, 15) is 9.18 Å². The highest BCUT2D eigenvalue weighted by molar-refractivity contribution is 6.31. The van der Waals surface area contributed by atoms with Crippen molar-refractivity contribution in [2.75, 3.05) is 0 Å². The molecule has 3 rings (SSSR count). The van der Waals surface area contributed by atoms with Crippen molar-refractivity contribution in [3.05, 3.63) is 69.5 Å². The van der Waals surface area contributed by atoms with Gasteiger partial charge in [-0.1, -0.05) is 41.4 Å². The second kappa shape index (κ2) is 5.00. The van der Waals surface area contributed by atoms with Crippen LogP contribution in [0.25, 0.3) is 0 Å². The average molecular weight is 324 g/mol. The average Bonchev–Trinajstić information content (AvgIpc) is 2.48. The van der Waals surface area contributed by atoms with Gasteiger partial charge in [-0.15, -0.1) is 0 Å². The van der Waals surface area contributed by atoms with Gasteiger partial charge in [0.25, 0.3) is 0 Å². The third-order valence-corrected chi connectivity index (χ3v) is 4.61. The van der Waals surface area contributed by atoms with Crippen LogP contribution in [0.2, 0.25) is 10.0 Å². The van der Waals surface area contributed by atoms with Gasteiger partial charge in [0.1, 0.15) is 5.82 Å². The van der Waals surface area contributed by atoms with E-state index in [-0.39, 0.29) is 17.0 Å². The minimum atomic E-state index is -0.820. The topological polar surface area (TPSA) is 29.1 Å². The van der Waals surface area contributed by atoms with Gasteiger partial charge < -0.3 is 5.32 Å². The number of halogens is 3. The van der Waals surface area contributed by atoms with E-state index in [1.54, 1.807) is 25.1 Å². The van der Waals surface area contributed by atoms with E-state index in [1.165, 1.54) is 12.1 Å². The molecule has 108 valence electrons. The summed E-state index contributed by atoms with van der Waals surface area (Å²) in [4.78, 5) is 12.1. The number of benzene rings is 2. The smallest absolute Gasteiger partial charge is 0.233 e. The summed E-state index contributed by atoms with van der Waals surface area (Å²) in [6.07, 6.45) is 0. The molecule has 2 aromatic rings. The lowest BCUT2D eigenvalue weighted by Crippen LogP contribution is -2.62. The molecule has 2 atom stereocenters. The van der Waals surface area contributed by atoms with Crippen LogP contribution in [-0.4, -0.2) is 5.91 Å². The molecule has 0 bridgehead atoms. The van der Waals surface area contributed by atoms with Crippen molar-refractivity contribution >= 4 is 29.1 Å². The van der Waals surface area contributed by atoms with Gasteiger partial charge in [0.2, 0.25) is 5.91 Å². The fourth-order valence-corrected chi connectivity index (χ4v) is 2.91. The minimum Gasteiger partial charge on any atom is -0.347 e. The quantitative estimate of drug-likeness (QED) is 0.822. The molecule has 5 heteroatoms. The van der Waals surface area contributed by atoms with Crippen LogP contribution in [0.4, 0.5) is 4.39 Å². The number of carbonyl (C=O) groups is 1. The first kappa shape index (κ1) is 14.4. The predicted molar refractivity (Wildman–Crippen MR) is 81.1 cm³/mol. The first-order valence-electron chi connectivity index (χ1n) is 6.45. The lowest BCUT2D eigenvalue weighted by Gasteiger charge is -2.47. The summed E-state index contributed by atoms with van der Waals surface area (Å²) in [6, 6.07) is 11.5. The highest BCUT2D eigenvalue weighted by atomic mass is 35.5. The molecule has 1 aliphatic heterocycles. The minimum absolute atomic E-state index is 0.0464. The monoisotopic (exact) mass is 323 g/mol. The van der Waals surface area contributed by atoms with Crippen LogP contribution in [0.1, 0.15) is 24.1 Å². The first-order chi connectivity index (χ1) is 9.92. The number of hydrogen-bond donors (Lipinski definition) is 1. The third kappa shape index (κ3) is 2.21. The van der Waals surface area contributed by atoms with Gasteiger partial charge in [-0.3, -0.25) is 4.79 Å². The summed E-state index contributed by atoms with van der Waals surface area (Å²) in [5, 5.41) is 3.54. The molecule has 2 aromatic carbocycles. The molecule has 1 N–H and O–H groups in total. The summed E-state index contributed by atoms with van der Waals surface area (Å²) < 4.78 is 13.7. The number of rotatable bonds is 2. The Bertz CT molecular complexity index is 717. The SMILES string of the molecule is C[C@@]1(c2ccc(Cl)c(F)c2)C(=O)N[C@H]1c1ccc(Cl)cc1. The number of β-lactam (4-membered cyclic amide) rings is 1. The maximum atomic E-state index is 13.7. The Morgan fingerprint density at radius 2 is 1.81 bits per heavy atom. The van der Waals surface area contributed by atoms with Crippen LogP contribution in [-0.2, 0) is 10.2 Å². The Morgan fingerprint density at radius 1 is 1.14 bits per heavy atom. The van der Waals surface area contributed by atoms with Gasteiger partial charge >= 0.3 is 0 Å². The zero-order valence-electron chi connectivity index (χ0n) is 11.2. The van der Waals surface area contributed by atoms with Crippen molar-refractivity contribution in [1.29, 1.82) is 0 Å². The van der Waals surface area contributed by atoms with Crippen LogP contribution in [0, 0.1) is 5.82 Å². The first-order valence-corrected chi connectivity index (χ1v) is 7.20. The van der Waals surface area contributed by atoms with Gasteiger partial charge in [0, 0.05) is 5.02 Å². The maximum Gasteiger partial charge on any atom is 0.233 e. The molecule has 0 unspecified atom stereocenters. The van der Waals surface area contributed by atoms with Crippen molar-refractivity contribution in [1.82, 2.24) is 5.32 Å². The highest BCUT2D eigenvalue weighted by Gasteiger charge is 2.53. The van der Waals surface area contributed by atoms with Crippen LogP contribution >= 0.6 is 23.2 Å². The highest BCUT2D eigenvalue weighted by Crippen LogP contribution is 2.45. The van der Waals surface area contributed by atoms with E-state index in [0.717, 1.165) is 5.56 Å². The van der Waals surface area contributed by atoms with E-state index in [4.69, 9.17) is 23.2 Å². The van der Waals surface area contributed by atoms with E-state index in [1.807, 2.05) is 12.1 Å². The molecule has 1 aliphatic rings. The Kier molecular flexibility index (Phi) is 3.42. The molecular formula is C16H12Cl2FNO. The summed E-state index contributed by atoms with van der Waals surface area (Å²) in [7, 11) is 0. The molecule has 1 saturated heterocycles. The van der Waals surface area contributed by atoms with Crippen molar-refractivity contribution in [2.45, 2.75) is 18.4 Å². The van der Waals surface area contributed by atoms with Gasteiger partial charge in [0.05, 0.1) is 16.5 Å². The van der Waals surface area contributed by atoms with Crippen LogP contribution in [0.3, 0.4) is 0 Å². The second-order valence-corrected chi connectivity index (χ2v) is 6.13. The van der Waals surface area contributed by atoms with Crippen LogP contribution in [0.5, 0.6) is 0 Å². The molecule has 1 heterocycles. The standard InChI is InChI=1S/C16H12Cl2FNO/c1-16(10-4-7-12(18)13(19)8-10)14(20-15(16)21)9-2-5-11(17)6-3-9/h2-8,14H,1H3,(H,20,21)/t14-,16-/m0/s1. The lowest BCUT2D eigenvalue weighted by atomic mass is 9.67. The third-order valence-electron chi connectivity index (χ3n) is 4.05. The number of nitrogens with one attached hydrogen (secondary N) is 1. The molecular weight excluding hydrogens is 312 g/mol. The van der Waals surface area contributed by atoms with Crippen LogP contribution in [0.15, 0.2) is 42.5 Å². The summed E-state index contributed by atoms with van der Waals surface area (Å²) in [5.74, 6) is -0.658. The van der Waals surface area contributed by atoms with Crippen molar-refractivity contribution in [3.8, 4) is 0 Å². The Hall–Kier alpha value is -1.58. The normalized spacial score (nSPS) is 24.4. The molecule has 2 nitrogen and oxygen atoms in total. The molecule has 0 aliphatic carbocycles. The van der Waals surface area contributed by atoms with Crippen LogP contribution < -0.4 is 5.32 Å². The van der Waals surface area contributed by atoms with E-state index in [2.05, 4.69) is 5.32 Å². The molecule has 0 radical (unpaired) electrons. The van der Waals surface area contributed by atoms with Gasteiger partial charge in [-0.25, -0.2) is 4.39 Å². The van der Waals surface area contributed by atoms with Gasteiger partial charge in [-0.05, 0) is 42.3 Å². The number of amides is 1. The zero-order valence-corrected chi connectivity index (χ0v) is 12.7. The Labute approximate surface area is 131 Å². The summed E-state index contributed by atoms with van der Waals surface area (Å²) in [5.41, 5.74) is 0.712. The second-order valence-electron chi connectivity index (χ2n) is 5.29. The summed E-state index contributed by atoms with van der Waals surface area (Å²) in [6.45, 7) is 1.80. The maximum absolute atomic E-state index is 13.7. The van der Waals surface area contributed by atoms with E-state index >= 15 is 0 Å². The summed E-state index contributed by atoms with van der Waals surface area (Å²) >= 11 is 11.6. The largest absolute Gasteiger partial charge is 0.347 e. The van der Waals surface area contributed by atoms with Crippen molar-refractivity contribution < 1.29 is 9.18 Å². The van der Waals surface area contributed by atoms with E-state index in [0.29, 0.717) is 10.6 Å². The van der Waals surface area contributed by atoms with E-state index < -0.39 is 11.2 Å². The fourth-order valence-electron chi connectivity index (χ4n) is 2.67. The molecule has 0 saturated carbocycles. The van der Waals surface area contributed by atoms with Gasteiger partial charge in [0.15, 0.2) is 0 Å².